The molecule has 1 rings (SSSR count). The molecule has 0 bridgehead atoms. The van der Waals surface area contributed by atoms with Gasteiger partial charge in [0.2, 0.25) is 0 Å². The van der Waals surface area contributed by atoms with Crippen LogP contribution in [0.25, 0.3) is 0 Å². The maximum atomic E-state index is 12.2. The highest BCUT2D eigenvalue weighted by molar-refractivity contribution is 6.87. The van der Waals surface area contributed by atoms with Crippen LogP contribution in [0.5, 0.6) is 0 Å². The summed E-state index contributed by atoms with van der Waals surface area (Å²) in [5.41, 5.74) is 4.00. The number of nitriles is 1. The molecule has 0 fully saturated rings. The molecule has 1 aromatic carbocycles. The van der Waals surface area contributed by atoms with Crippen molar-refractivity contribution in [3.63, 3.8) is 0 Å². The molecule has 132 valence electrons. The number of carbonyl (C=O) groups excluding carboxylic acids is 1. The monoisotopic (exact) mass is 356 g/mol. The van der Waals surface area contributed by atoms with E-state index in [4.69, 9.17) is 5.26 Å². The maximum Gasteiger partial charge on any atom is 0.327 e. The van der Waals surface area contributed by atoms with Crippen LogP contribution in [0.3, 0.4) is 0 Å². The first kappa shape index (κ1) is 20.5. The quantitative estimate of drug-likeness (QED) is 0.640. The van der Waals surface area contributed by atoms with Crippen molar-refractivity contribution >= 4 is 20.0 Å². The smallest absolute Gasteiger partial charge is 0.327 e. The number of nitrogens with one attached hydrogen (secondary N) is 1. The Balaban J connectivity index is 2.83. The van der Waals surface area contributed by atoms with Crippen LogP contribution in [0.2, 0.25) is 18.1 Å². The molecule has 0 saturated carbocycles. The Kier molecular flexibility index (Phi) is 6.55. The summed E-state index contributed by atoms with van der Waals surface area (Å²) in [6.45, 7) is 10.7. The summed E-state index contributed by atoms with van der Waals surface area (Å²) in [6.07, 6.45) is 0.0594. The third-order valence-corrected chi connectivity index (χ3v) is 9.01. The Morgan fingerprint density at radius 3 is 2.24 bits per heavy atom. The van der Waals surface area contributed by atoms with Crippen LogP contribution in [0.15, 0.2) is 24.3 Å². The molecule has 0 saturated heterocycles. The van der Waals surface area contributed by atoms with Crippen LogP contribution >= 0.6 is 0 Å². The van der Waals surface area contributed by atoms with Gasteiger partial charge < -0.3 is 10.4 Å². The first-order chi connectivity index (χ1) is 11.5. The maximum absolute atomic E-state index is 12.2. The highest BCUT2D eigenvalue weighted by Gasteiger charge is 2.33. The molecule has 0 aliphatic heterocycles. The van der Waals surface area contributed by atoms with Crippen molar-refractivity contribution in [1.82, 2.24) is 5.32 Å². The van der Waals surface area contributed by atoms with Gasteiger partial charge in [-0.25, -0.2) is 4.79 Å². The highest BCUT2D eigenvalue weighted by Crippen LogP contribution is 2.35. The van der Waals surface area contributed by atoms with E-state index in [-0.39, 0.29) is 11.5 Å². The van der Waals surface area contributed by atoms with Crippen LogP contribution in [0, 0.1) is 22.8 Å². The summed E-state index contributed by atoms with van der Waals surface area (Å²) in [4.78, 5) is 23.6. The molecule has 2 N–H and O–H groups in total. The van der Waals surface area contributed by atoms with Crippen molar-refractivity contribution in [1.29, 1.82) is 5.26 Å². The fourth-order valence-corrected chi connectivity index (χ4v) is 2.62. The van der Waals surface area contributed by atoms with E-state index in [0.29, 0.717) is 11.1 Å². The first-order valence-corrected chi connectivity index (χ1v) is 11.0. The van der Waals surface area contributed by atoms with Gasteiger partial charge in [0.1, 0.15) is 14.1 Å². The van der Waals surface area contributed by atoms with Gasteiger partial charge in [-0.2, -0.15) is 5.26 Å². The summed E-state index contributed by atoms with van der Waals surface area (Å²) >= 11 is 0. The van der Waals surface area contributed by atoms with Gasteiger partial charge in [0.25, 0.3) is 5.91 Å². The van der Waals surface area contributed by atoms with E-state index >= 15 is 0 Å². The molecule has 1 amide bonds. The number of rotatable bonds is 4. The third kappa shape index (κ3) is 5.77. The van der Waals surface area contributed by atoms with Crippen molar-refractivity contribution in [2.45, 2.75) is 51.4 Å². The summed E-state index contributed by atoms with van der Waals surface area (Å²) in [7, 11) is -1.82. The summed E-state index contributed by atoms with van der Waals surface area (Å²) < 4.78 is 0. The fourth-order valence-electron chi connectivity index (χ4n) is 1.70. The lowest BCUT2D eigenvalue weighted by Gasteiger charge is -2.31. The number of carboxylic acid groups (broad SMARTS) is 1. The third-order valence-electron chi connectivity index (χ3n) is 4.46. The first-order valence-electron chi connectivity index (χ1n) is 8.02. The zero-order valence-corrected chi connectivity index (χ0v) is 16.3. The number of hydrogen-bond acceptors (Lipinski definition) is 3. The lowest BCUT2D eigenvalue weighted by molar-refractivity contribution is -0.139. The fraction of sp³-hybridized carbons (Fsp3) is 0.421. The number of benzene rings is 1. The second-order valence-electron chi connectivity index (χ2n) is 7.43. The summed E-state index contributed by atoms with van der Waals surface area (Å²) in [5, 5.41) is 20.7. The van der Waals surface area contributed by atoms with Crippen LogP contribution in [-0.2, 0) is 4.79 Å². The van der Waals surface area contributed by atoms with Gasteiger partial charge in [0, 0.05) is 12.0 Å². The second-order valence-corrected chi connectivity index (χ2v) is 12.4. The predicted molar refractivity (Wildman–Crippen MR) is 99.6 cm³/mol. The number of carboxylic acids is 1. The Morgan fingerprint density at radius 2 is 1.80 bits per heavy atom. The number of carbonyl (C=O) groups is 2. The van der Waals surface area contributed by atoms with Gasteiger partial charge in [0.15, 0.2) is 0 Å². The molecule has 0 heterocycles. The minimum atomic E-state index is -1.82. The van der Waals surface area contributed by atoms with Gasteiger partial charge in [-0.1, -0.05) is 33.9 Å². The zero-order valence-electron chi connectivity index (χ0n) is 15.3. The molecule has 0 aliphatic carbocycles. The number of nitrogens with zero attached hydrogens (tertiary/aromatic N) is 1. The van der Waals surface area contributed by atoms with E-state index in [1.54, 1.807) is 0 Å². The van der Waals surface area contributed by atoms with Crippen molar-refractivity contribution in [2.75, 3.05) is 0 Å². The standard InChI is InChI=1S/C19H24N2O3Si/c1-19(2,3)25(4,5)12-6-7-16(18(23)24)21-17(22)15-10-8-14(13-20)9-11-15/h8-11,16H,7H2,1-5H3,(H,21,22)(H,23,24)/t16-/m1/s1. The molecule has 1 aromatic rings. The average Bonchev–Trinajstić information content (AvgIpc) is 2.52. The average molecular weight is 356 g/mol. The molecule has 25 heavy (non-hydrogen) atoms. The molecule has 0 spiro atoms. The lowest BCUT2D eigenvalue weighted by Crippen LogP contribution is -2.41. The Hall–Kier alpha value is -2.57. The molecule has 0 radical (unpaired) electrons. The molecule has 1 atom stereocenters. The van der Waals surface area contributed by atoms with Crippen molar-refractivity contribution in [3.05, 3.63) is 35.4 Å². The number of aliphatic carboxylic acids is 1. The normalized spacial score (nSPS) is 12.3. The molecular formula is C19H24N2O3Si. The molecule has 0 unspecified atom stereocenters. The van der Waals surface area contributed by atoms with Gasteiger partial charge in [-0.15, -0.1) is 11.5 Å². The zero-order chi connectivity index (χ0) is 19.3. The summed E-state index contributed by atoms with van der Waals surface area (Å²) in [5.74, 6) is 1.35. The van der Waals surface area contributed by atoms with Crippen molar-refractivity contribution in [2.24, 2.45) is 0 Å². The van der Waals surface area contributed by atoms with E-state index in [9.17, 15) is 14.7 Å². The number of hydrogen-bond donors (Lipinski definition) is 2. The Labute approximate surface area is 150 Å². The lowest BCUT2D eigenvalue weighted by atomic mass is 10.1. The van der Waals surface area contributed by atoms with E-state index in [1.807, 2.05) is 6.07 Å². The van der Waals surface area contributed by atoms with E-state index < -0.39 is 26.0 Å². The van der Waals surface area contributed by atoms with Gasteiger partial charge in [-0.3, -0.25) is 4.79 Å². The molecule has 6 heteroatoms. The predicted octanol–water partition coefficient (Wildman–Crippen LogP) is 3.18. The van der Waals surface area contributed by atoms with Gasteiger partial charge in [0.05, 0.1) is 11.6 Å². The highest BCUT2D eigenvalue weighted by atomic mass is 28.3. The van der Waals surface area contributed by atoms with Gasteiger partial charge >= 0.3 is 5.97 Å². The van der Waals surface area contributed by atoms with E-state index in [1.165, 1.54) is 24.3 Å². The Morgan fingerprint density at radius 1 is 1.24 bits per heavy atom. The summed E-state index contributed by atoms with van der Waals surface area (Å²) in [6, 6.07) is 6.92. The Bertz CT molecular complexity index is 744. The van der Waals surface area contributed by atoms with Crippen LogP contribution in [0.4, 0.5) is 0 Å². The van der Waals surface area contributed by atoms with Crippen LogP contribution in [-0.4, -0.2) is 31.1 Å². The minimum Gasteiger partial charge on any atom is -0.480 e. The van der Waals surface area contributed by atoms with E-state index in [2.05, 4.69) is 50.6 Å². The second kappa shape index (κ2) is 8.00. The SMILES string of the molecule is CC(C)(C)[Si](C)(C)C#CC[C@@H](NC(=O)c1ccc(C#N)cc1)C(=O)O. The van der Waals surface area contributed by atoms with Crippen LogP contribution in [0.1, 0.15) is 43.1 Å². The molecule has 5 nitrogen and oxygen atoms in total. The molecular weight excluding hydrogens is 332 g/mol. The van der Waals surface area contributed by atoms with Crippen molar-refractivity contribution in [3.8, 4) is 17.5 Å². The van der Waals surface area contributed by atoms with Crippen LogP contribution < -0.4 is 5.32 Å². The largest absolute Gasteiger partial charge is 0.480 e. The number of amides is 1. The van der Waals surface area contributed by atoms with E-state index in [0.717, 1.165) is 0 Å². The minimum absolute atomic E-state index is 0.0594. The van der Waals surface area contributed by atoms with Crippen molar-refractivity contribution < 1.29 is 14.7 Å². The van der Waals surface area contributed by atoms with Gasteiger partial charge in [-0.05, 0) is 29.3 Å². The topological polar surface area (TPSA) is 90.2 Å². The molecule has 0 aliphatic rings. The molecule has 0 aromatic heterocycles.